The van der Waals surface area contributed by atoms with Crippen molar-refractivity contribution in [3.63, 3.8) is 0 Å². The van der Waals surface area contributed by atoms with Crippen molar-refractivity contribution in [2.75, 3.05) is 13.6 Å². The van der Waals surface area contributed by atoms with E-state index < -0.39 is 0 Å². The summed E-state index contributed by atoms with van der Waals surface area (Å²) < 4.78 is 0. The standard InChI is InChI=1S/C16H27NS/c1-3-15-9-10-16(18-15)11-13-7-5-4-6-8-14(13)12-17-2/h9-10,13-14,17H,3-8,11-12H2,1-2H3. The first kappa shape index (κ1) is 14.1. The van der Waals surface area contributed by atoms with Crippen LogP contribution in [0.2, 0.25) is 0 Å². The minimum Gasteiger partial charge on any atom is -0.319 e. The van der Waals surface area contributed by atoms with E-state index in [0.717, 1.165) is 11.8 Å². The van der Waals surface area contributed by atoms with Gasteiger partial charge in [0.15, 0.2) is 0 Å². The molecule has 0 saturated heterocycles. The average molecular weight is 265 g/mol. The van der Waals surface area contributed by atoms with Crippen molar-refractivity contribution in [1.82, 2.24) is 5.32 Å². The maximum atomic E-state index is 3.40. The lowest BCUT2D eigenvalue weighted by Crippen LogP contribution is -2.26. The predicted molar refractivity (Wildman–Crippen MR) is 81.4 cm³/mol. The number of nitrogens with one attached hydrogen (secondary N) is 1. The largest absolute Gasteiger partial charge is 0.319 e. The van der Waals surface area contributed by atoms with Crippen LogP contribution >= 0.6 is 11.3 Å². The monoisotopic (exact) mass is 265 g/mol. The molecule has 1 nitrogen and oxygen atoms in total. The summed E-state index contributed by atoms with van der Waals surface area (Å²) >= 11 is 2.03. The highest BCUT2D eigenvalue weighted by Gasteiger charge is 2.23. The lowest BCUT2D eigenvalue weighted by atomic mass is 9.85. The Bertz CT molecular complexity index is 345. The third-order valence-electron chi connectivity index (χ3n) is 4.31. The van der Waals surface area contributed by atoms with E-state index in [1.807, 2.05) is 11.3 Å². The molecule has 0 bridgehead atoms. The zero-order valence-corrected chi connectivity index (χ0v) is 12.7. The highest BCUT2D eigenvalue weighted by atomic mass is 32.1. The molecule has 0 amide bonds. The first-order valence-corrected chi connectivity index (χ1v) is 8.37. The zero-order chi connectivity index (χ0) is 12.8. The SMILES string of the molecule is CCc1ccc(CC2CCCCCC2CNC)s1. The molecule has 0 aliphatic heterocycles. The molecule has 2 rings (SSSR count). The molecule has 0 aromatic carbocycles. The Balaban J connectivity index is 1.98. The highest BCUT2D eigenvalue weighted by molar-refractivity contribution is 7.11. The van der Waals surface area contributed by atoms with E-state index >= 15 is 0 Å². The summed E-state index contributed by atoms with van der Waals surface area (Å²) in [5, 5.41) is 3.40. The van der Waals surface area contributed by atoms with Crippen LogP contribution in [-0.2, 0) is 12.8 Å². The van der Waals surface area contributed by atoms with Gasteiger partial charge in [-0.3, -0.25) is 0 Å². The molecule has 1 heterocycles. The van der Waals surface area contributed by atoms with Gasteiger partial charge in [0.25, 0.3) is 0 Å². The van der Waals surface area contributed by atoms with Crippen molar-refractivity contribution in [1.29, 1.82) is 0 Å². The van der Waals surface area contributed by atoms with Crippen LogP contribution in [0.25, 0.3) is 0 Å². The summed E-state index contributed by atoms with van der Waals surface area (Å²) in [5.74, 6) is 1.80. The molecule has 0 spiro atoms. The van der Waals surface area contributed by atoms with Crippen LogP contribution in [0.4, 0.5) is 0 Å². The van der Waals surface area contributed by atoms with Crippen LogP contribution in [0.1, 0.15) is 48.8 Å². The number of aryl methyl sites for hydroxylation is 1. The van der Waals surface area contributed by atoms with E-state index in [-0.39, 0.29) is 0 Å². The molecule has 1 fully saturated rings. The molecule has 2 atom stereocenters. The van der Waals surface area contributed by atoms with Gasteiger partial charge in [-0.05, 0) is 63.2 Å². The van der Waals surface area contributed by atoms with Gasteiger partial charge in [-0.2, -0.15) is 0 Å². The molecular formula is C16H27NS. The number of hydrogen-bond acceptors (Lipinski definition) is 2. The summed E-state index contributed by atoms with van der Waals surface area (Å²) in [5.41, 5.74) is 0. The maximum Gasteiger partial charge on any atom is 0.00510 e. The molecule has 2 heteroatoms. The van der Waals surface area contributed by atoms with Gasteiger partial charge in [0.05, 0.1) is 0 Å². The Labute approximate surface area is 116 Å². The van der Waals surface area contributed by atoms with E-state index in [1.165, 1.54) is 51.5 Å². The van der Waals surface area contributed by atoms with Gasteiger partial charge in [0.1, 0.15) is 0 Å². The lowest BCUT2D eigenvalue weighted by Gasteiger charge is -2.24. The zero-order valence-electron chi connectivity index (χ0n) is 11.9. The smallest absolute Gasteiger partial charge is 0.00510 e. The molecule has 1 aliphatic rings. The van der Waals surface area contributed by atoms with Gasteiger partial charge in [-0.15, -0.1) is 11.3 Å². The molecule has 1 saturated carbocycles. The van der Waals surface area contributed by atoms with Gasteiger partial charge in [-0.25, -0.2) is 0 Å². The lowest BCUT2D eigenvalue weighted by molar-refractivity contribution is 0.305. The molecule has 1 aromatic rings. The Hall–Kier alpha value is -0.340. The van der Waals surface area contributed by atoms with E-state index in [2.05, 4.69) is 31.4 Å². The molecule has 1 aromatic heterocycles. The van der Waals surface area contributed by atoms with Crippen LogP contribution in [-0.4, -0.2) is 13.6 Å². The Kier molecular flexibility index (Phi) is 5.71. The average Bonchev–Trinajstić information content (AvgIpc) is 2.72. The third kappa shape index (κ3) is 3.83. The molecule has 0 radical (unpaired) electrons. The summed E-state index contributed by atoms with van der Waals surface area (Å²) in [6, 6.07) is 4.69. The van der Waals surface area contributed by atoms with E-state index in [9.17, 15) is 0 Å². The van der Waals surface area contributed by atoms with E-state index in [0.29, 0.717) is 0 Å². The normalized spacial score (nSPS) is 25.0. The van der Waals surface area contributed by atoms with Gasteiger partial charge >= 0.3 is 0 Å². The van der Waals surface area contributed by atoms with Crippen molar-refractivity contribution in [2.45, 2.75) is 51.9 Å². The third-order valence-corrected chi connectivity index (χ3v) is 5.56. The molecule has 102 valence electrons. The minimum absolute atomic E-state index is 0.893. The second kappa shape index (κ2) is 7.30. The molecule has 18 heavy (non-hydrogen) atoms. The Morgan fingerprint density at radius 2 is 1.83 bits per heavy atom. The Morgan fingerprint density at radius 3 is 2.50 bits per heavy atom. The number of hydrogen-bond donors (Lipinski definition) is 1. The predicted octanol–water partition coefficient (Wildman–Crippen LogP) is 4.27. The molecule has 1 aliphatic carbocycles. The van der Waals surface area contributed by atoms with Gasteiger partial charge in [0.2, 0.25) is 0 Å². The van der Waals surface area contributed by atoms with Crippen LogP contribution in [0.3, 0.4) is 0 Å². The van der Waals surface area contributed by atoms with Crippen molar-refractivity contribution in [2.24, 2.45) is 11.8 Å². The number of thiophene rings is 1. The van der Waals surface area contributed by atoms with Crippen molar-refractivity contribution < 1.29 is 0 Å². The maximum absolute atomic E-state index is 3.40. The van der Waals surface area contributed by atoms with E-state index in [4.69, 9.17) is 0 Å². The van der Waals surface area contributed by atoms with E-state index in [1.54, 1.807) is 9.75 Å². The summed E-state index contributed by atoms with van der Waals surface area (Å²) in [4.78, 5) is 3.16. The van der Waals surface area contributed by atoms with Crippen molar-refractivity contribution in [3.05, 3.63) is 21.9 Å². The fourth-order valence-electron chi connectivity index (χ4n) is 3.24. The minimum atomic E-state index is 0.893. The summed E-state index contributed by atoms with van der Waals surface area (Å²) in [6.45, 7) is 3.46. The van der Waals surface area contributed by atoms with Crippen LogP contribution < -0.4 is 5.32 Å². The summed E-state index contributed by atoms with van der Waals surface area (Å²) in [6.07, 6.45) is 9.70. The highest BCUT2D eigenvalue weighted by Crippen LogP contribution is 2.32. The fourth-order valence-corrected chi connectivity index (χ4v) is 4.29. The first-order chi connectivity index (χ1) is 8.83. The second-order valence-corrected chi connectivity index (χ2v) is 6.89. The van der Waals surface area contributed by atoms with Crippen LogP contribution in [0.15, 0.2) is 12.1 Å². The van der Waals surface area contributed by atoms with Crippen molar-refractivity contribution >= 4 is 11.3 Å². The fraction of sp³-hybridized carbons (Fsp3) is 0.750. The first-order valence-electron chi connectivity index (χ1n) is 7.55. The van der Waals surface area contributed by atoms with Crippen molar-refractivity contribution in [3.8, 4) is 0 Å². The topological polar surface area (TPSA) is 12.0 Å². The quantitative estimate of drug-likeness (QED) is 0.784. The molecular weight excluding hydrogens is 238 g/mol. The van der Waals surface area contributed by atoms with Crippen LogP contribution in [0, 0.1) is 11.8 Å². The van der Waals surface area contributed by atoms with Gasteiger partial charge in [0, 0.05) is 9.75 Å². The summed E-state index contributed by atoms with van der Waals surface area (Å²) in [7, 11) is 2.10. The number of rotatable bonds is 5. The van der Waals surface area contributed by atoms with Gasteiger partial charge in [-0.1, -0.05) is 26.2 Å². The molecule has 1 N–H and O–H groups in total. The Morgan fingerprint density at radius 1 is 1.11 bits per heavy atom. The van der Waals surface area contributed by atoms with Crippen LogP contribution in [0.5, 0.6) is 0 Å². The second-order valence-electron chi connectivity index (χ2n) is 5.64. The molecule has 2 unspecified atom stereocenters. The van der Waals surface area contributed by atoms with Gasteiger partial charge < -0.3 is 5.32 Å².